The summed E-state index contributed by atoms with van der Waals surface area (Å²) in [4.78, 5) is 0.524. The molecule has 0 saturated heterocycles. The molecule has 2 aromatic rings. The van der Waals surface area contributed by atoms with Crippen molar-refractivity contribution in [3.63, 3.8) is 0 Å². The highest BCUT2D eigenvalue weighted by atomic mass is 79.9. The normalized spacial score (nSPS) is 13.8. The van der Waals surface area contributed by atoms with E-state index in [4.69, 9.17) is 0 Å². The largest absolute Gasteiger partial charge is 0.0881 e. The monoisotopic (exact) mass is 304 g/mol. The molecule has 0 fully saturated rings. The lowest BCUT2D eigenvalue weighted by molar-refractivity contribution is 0.340. The molecule has 2 aromatic carbocycles. The van der Waals surface area contributed by atoms with Crippen molar-refractivity contribution in [2.45, 2.75) is 38.4 Å². The molecule has 0 amide bonds. The van der Waals surface area contributed by atoms with Gasteiger partial charge in [0.25, 0.3) is 0 Å². The molecule has 0 aliphatic heterocycles. The Hall–Kier alpha value is -0.820. The van der Waals surface area contributed by atoms with Crippen LogP contribution in [0.15, 0.2) is 42.5 Å². The predicted molar refractivity (Wildman–Crippen MR) is 84.4 cm³/mol. The fourth-order valence-electron chi connectivity index (χ4n) is 2.07. The lowest BCUT2D eigenvalue weighted by atomic mass is 9.83. The van der Waals surface area contributed by atoms with E-state index in [0.717, 1.165) is 6.42 Å². The maximum Gasteiger partial charge on any atom is 0.0237 e. The van der Waals surface area contributed by atoms with E-state index in [-0.39, 0.29) is 0 Å². The standard InChI is InChI=1S/C17H21Br/c1-4-17(2,3)16(18)12-13-9-10-14-7-5-6-8-15(14)11-13/h5-11,16H,4,12H2,1-3H3. The van der Waals surface area contributed by atoms with Gasteiger partial charge in [-0.1, -0.05) is 79.2 Å². The van der Waals surface area contributed by atoms with Crippen LogP contribution in [-0.2, 0) is 6.42 Å². The molecule has 0 spiro atoms. The van der Waals surface area contributed by atoms with Crippen LogP contribution in [0.1, 0.15) is 32.8 Å². The summed E-state index contributed by atoms with van der Waals surface area (Å²) in [6.45, 7) is 6.91. The minimum absolute atomic E-state index is 0.339. The van der Waals surface area contributed by atoms with Gasteiger partial charge in [0.15, 0.2) is 0 Å². The van der Waals surface area contributed by atoms with Crippen molar-refractivity contribution < 1.29 is 0 Å². The van der Waals surface area contributed by atoms with Gasteiger partial charge in [-0.05, 0) is 34.6 Å². The summed E-state index contributed by atoms with van der Waals surface area (Å²) in [5.74, 6) is 0. The van der Waals surface area contributed by atoms with Crippen LogP contribution in [0.2, 0.25) is 0 Å². The van der Waals surface area contributed by atoms with Gasteiger partial charge < -0.3 is 0 Å². The fourth-order valence-corrected chi connectivity index (χ4v) is 2.77. The first kappa shape index (κ1) is 13.6. The van der Waals surface area contributed by atoms with E-state index >= 15 is 0 Å². The number of hydrogen-bond donors (Lipinski definition) is 0. The van der Waals surface area contributed by atoms with Crippen LogP contribution < -0.4 is 0 Å². The van der Waals surface area contributed by atoms with E-state index in [2.05, 4.69) is 79.2 Å². The third-order valence-electron chi connectivity index (χ3n) is 3.99. The van der Waals surface area contributed by atoms with Crippen LogP contribution in [0.3, 0.4) is 0 Å². The second-order valence-corrected chi connectivity index (χ2v) is 6.80. The first-order valence-corrected chi connectivity index (χ1v) is 7.56. The van der Waals surface area contributed by atoms with Gasteiger partial charge in [-0.25, -0.2) is 0 Å². The Morgan fingerprint density at radius 3 is 2.39 bits per heavy atom. The summed E-state index contributed by atoms with van der Waals surface area (Å²) >= 11 is 3.86. The van der Waals surface area contributed by atoms with E-state index in [1.54, 1.807) is 0 Å². The molecular formula is C17H21Br. The zero-order chi connectivity index (χ0) is 13.2. The van der Waals surface area contributed by atoms with Gasteiger partial charge >= 0.3 is 0 Å². The third kappa shape index (κ3) is 2.95. The highest BCUT2D eigenvalue weighted by molar-refractivity contribution is 9.09. The molecule has 0 aromatic heterocycles. The highest BCUT2D eigenvalue weighted by Gasteiger charge is 2.25. The molecular weight excluding hydrogens is 284 g/mol. The molecule has 2 rings (SSSR count). The van der Waals surface area contributed by atoms with Crippen LogP contribution in [0.25, 0.3) is 10.8 Å². The Balaban J connectivity index is 2.22. The number of alkyl halides is 1. The zero-order valence-corrected chi connectivity index (χ0v) is 13.0. The van der Waals surface area contributed by atoms with Gasteiger partial charge in [-0.2, -0.15) is 0 Å². The van der Waals surface area contributed by atoms with Gasteiger partial charge in [0.05, 0.1) is 0 Å². The number of rotatable bonds is 4. The summed E-state index contributed by atoms with van der Waals surface area (Å²) < 4.78 is 0. The summed E-state index contributed by atoms with van der Waals surface area (Å²) in [5, 5.41) is 2.66. The van der Waals surface area contributed by atoms with E-state index < -0.39 is 0 Å². The van der Waals surface area contributed by atoms with Crippen LogP contribution in [0, 0.1) is 5.41 Å². The van der Waals surface area contributed by atoms with Gasteiger partial charge in [-0.15, -0.1) is 0 Å². The molecule has 0 aliphatic carbocycles. The Labute approximate surface area is 119 Å². The molecule has 0 N–H and O–H groups in total. The smallest absolute Gasteiger partial charge is 0.0237 e. The molecule has 1 atom stereocenters. The Morgan fingerprint density at radius 1 is 1.06 bits per heavy atom. The molecule has 0 saturated carbocycles. The minimum atomic E-state index is 0.339. The van der Waals surface area contributed by atoms with Crippen molar-refractivity contribution in [1.29, 1.82) is 0 Å². The first-order chi connectivity index (χ1) is 8.53. The van der Waals surface area contributed by atoms with Crippen LogP contribution >= 0.6 is 15.9 Å². The topological polar surface area (TPSA) is 0 Å². The Bertz CT molecular complexity index is 528. The number of benzene rings is 2. The molecule has 18 heavy (non-hydrogen) atoms. The second kappa shape index (κ2) is 5.44. The predicted octanol–water partition coefficient (Wildman–Crippen LogP) is 5.58. The average molecular weight is 305 g/mol. The Kier molecular flexibility index (Phi) is 4.11. The maximum absolute atomic E-state index is 3.86. The van der Waals surface area contributed by atoms with E-state index in [1.807, 2.05) is 0 Å². The lowest BCUT2D eigenvalue weighted by Gasteiger charge is -2.29. The molecule has 1 heteroatoms. The molecule has 96 valence electrons. The summed E-state index contributed by atoms with van der Waals surface area (Å²) in [5.41, 5.74) is 1.75. The van der Waals surface area contributed by atoms with E-state index in [0.29, 0.717) is 10.2 Å². The molecule has 0 nitrogen and oxygen atoms in total. The van der Waals surface area contributed by atoms with Crippen molar-refractivity contribution in [2.75, 3.05) is 0 Å². The van der Waals surface area contributed by atoms with E-state index in [9.17, 15) is 0 Å². The summed E-state index contributed by atoms with van der Waals surface area (Å²) in [6.07, 6.45) is 2.28. The van der Waals surface area contributed by atoms with Gasteiger partial charge in [0.1, 0.15) is 0 Å². The van der Waals surface area contributed by atoms with Gasteiger partial charge in [0.2, 0.25) is 0 Å². The molecule has 0 radical (unpaired) electrons. The first-order valence-electron chi connectivity index (χ1n) is 6.64. The van der Waals surface area contributed by atoms with Crippen LogP contribution in [0.5, 0.6) is 0 Å². The van der Waals surface area contributed by atoms with Gasteiger partial charge in [0, 0.05) is 4.83 Å². The Morgan fingerprint density at radius 2 is 1.72 bits per heavy atom. The zero-order valence-electron chi connectivity index (χ0n) is 11.4. The minimum Gasteiger partial charge on any atom is -0.0881 e. The second-order valence-electron chi connectivity index (χ2n) is 5.70. The summed E-state index contributed by atoms with van der Waals surface area (Å²) in [7, 11) is 0. The fraction of sp³-hybridized carbons (Fsp3) is 0.412. The number of fused-ring (bicyclic) bond motifs is 1. The summed E-state index contributed by atoms with van der Waals surface area (Å²) in [6, 6.07) is 15.3. The van der Waals surface area contributed by atoms with Gasteiger partial charge in [-0.3, -0.25) is 0 Å². The van der Waals surface area contributed by atoms with Crippen LogP contribution in [0.4, 0.5) is 0 Å². The average Bonchev–Trinajstić information content (AvgIpc) is 2.38. The van der Waals surface area contributed by atoms with Crippen molar-refractivity contribution >= 4 is 26.7 Å². The van der Waals surface area contributed by atoms with Crippen molar-refractivity contribution in [3.8, 4) is 0 Å². The maximum atomic E-state index is 3.86. The number of halogens is 1. The van der Waals surface area contributed by atoms with Crippen molar-refractivity contribution in [2.24, 2.45) is 5.41 Å². The van der Waals surface area contributed by atoms with Crippen molar-refractivity contribution in [1.82, 2.24) is 0 Å². The van der Waals surface area contributed by atoms with E-state index in [1.165, 1.54) is 22.8 Å². The molecule has 1 unspecified atom stereocenters. The third-order valence-corrected chi connectivity index (χ3v) is 5.55. The molecule has 0 bridgehead atoms. The van der Waals surface area contributed by atoms with Crippen molar-refractivity contribution in [3.05, 3.63) is 48.0 Å². The molecule has 0 heterocycles. The molecule has 0 aliphatic rings. The highest BCUT2D eigenvalue weighted by Crippen LogP contribution is 2.33. The van der Waals surface area contributed by atoms with Crippen LogP contribution in [-0.4, -0.2) is 4.83 Å². The number of hydrogen-bond acceptors (Lipinski definition) is 0. The SMILES string of the molecule is CCC(C)(C)C(Br)Cc1ccc2ccccc2c1. The quantitative estimate of drug-likeness (QED) is 0.647. The lowest BCUT2D eigenvalue weighted by Crippen LogP contribution is -2.25.